The maximum absolute atomic E-state index is 11.2. The summed E-state index contributed by atoms with van der Waals surface area (Å²) in [7, 11) is -4.03. The van der Waals surface area contributed by atoms with E-state index < -0.39 is 7.60 Å². The number of nitrogen functional groups attached to an aromatic ring is 2. The second kappa shape index (κ2) is 7.36. The lowest BCUT2D eigenvalue weighted by Crippen LogP contribution is -2.18. The van der Waals surface area contributed by atoms with E-state index in [4.69, 9.17) is 26.0 Å². The summed E-state index contributed by atoms with van der Waals surface area (Å²) in [5.74, 6) is 1.12. The average molecular weight is 425 g/mol. The van der Waals surface area contributed by atoms with Gasteiger partial charge in [0, 0.05) is 5.69 Å². The van der Waals surface area contributed by atoms with Gasteiger partial charge in [-0.15, -0.1) is 0 Å². The van der Waals surface area contributed by atoms with Crippen LogP contribution in [0.15, 0.2) is 48.5 Å². The fourth-order valence-corrected chi connectivity index (χ4v) is 4.09. The molecule has 156 valence electrons. The van der Waals surface area contributed by atoms with E-state index in [2.05, 4.69) is 0 Å². The van der Waals surface area contributed by atoms with Crippen molar-refractivity contribution >= 4 is 36.0 Å². The number of rotatable bonds is 4. The molecular weight excluding hydrogens is 401 g/mol. The highest BCUT2D eigenvalue weighted by Crippen LogP contribution is 2.55. The molecule has 0 radical (unpaired) electrons. The molecule has 0 saturated heterocycles. The van der Waals surface area contributed by atoms with E-state index in [1.165, 1.54) is 0 Å². The lowest BCUT2D eigenvalue weighted by molar-refractivity contribution is 0.373. The predicted octanol–water partition coefficient (Wildman–Crippen LogP) is 4.76. The van der Waals surface area contributed by atoms with Crippen molar-refractivity contribution in [3.63, 3.8) is 0 Å². The molecule has 0 unspecified atom stereocenters. The number of anilines is 5. The van der Waals surface area contributed by atoms with Crippen LogP contribution in [0.4, 0.5) is 28.4 Å². The monoisotopic (exact) mass is 425 g/mol. The minimum absolute atomic E-state index is 0.179. The highest BCUT2D eigenvalue weighted by molar-refractivity contribution is 7.51. The molecule has 6 N–H and O–H groups in total. The fourth-order valence-electron chi connectivity index (χ4n) is 3.54. The van der Waals surface area contributed by atoms with Gasteiger partial charge in [-0.25, -0.2) is 0 Å². The van der Waals surface area contributed by atoms with Crippen LogP contribution in [0.2, 0.25) is 0 Å². The second-order valence-electron chi connectivity index (χ2n) is 7.53. The standard InChI is InChI=1S/C22H24N3O4P/c1-13-3-9-17-21(19(13)23)29-22-18(10-4-14(2)20(22)24)25(17)16-7-5-15(6-8-16)11-12-30(26,27)28/h3-10H,11-12,23-24H2,1-2H3,(H2,26,27,28). The van der Waals surface area contributed by atoms with E-state index in [0.717, 1.165) is 33.8 Å². The van der Waals surface area contributed by atoms with Crippen molar-refractivity contribution in [3.05, 3.63) is 65.2 Å². The largest absolute Gasteiger partial charge is 0.449 e. The van der Waals surface area contributed by atoms with Crippen molar-refractivity contribution in [2.75, 3.05) is 22.5 Å². The topological polar surface area (TPSA) is 122 Å². The van der Waals surface area contributed by atoms with E-state index in [9.17, 15) is 4.57 Å². The van der Waals surface area contributed by atoms with Crippen LogP contribution in [0.3, 0.4) is 0 Å². The van der Waals surface area contributed by atoms with Gasteiger partial charge < -0.3 is 30.9 Å². The van der Waals surface area contributed by atoms with Gasteiger partial charge in [0.05, 0.1) is 28.9 Å². The predicted molar refractivity (Wildman–Crippen MR) is 120 cm³/mol. The molecule has 1 heterocycles. The van der Waals surface area contributed by atoms with Gasteiger partial charge in [-0.2, -0.15) is 0 Å². The van der Waals surface area contributed by atoms with Crippen molar-refractivity contribution in [2.24, 2.45) is 0 Å². The number of benzene rings is 3. The molecule has 3 aromatic carbocycles. The Kier molecular flexibility index (Phi) is 4.98. The van der Waals surface area contributed by atoms with Crippen LogP contribution in [-0.2, 0) is 11.0 Å². The van der Waals surface area contributed by atoms with Crippen LogP contribution in [0.5, 0.6) is 11.5 Å². The van der Waals surface area contributed by atoms with Crippen molar-refractivity contribution in [1.82, 2.24) is 0 Å². The molecular formula is C22H24N3O4P. The molecule has 8 heteroatoms. The van der Waals surface area contributed by atoms with Crippen LogP contribution < -0.4 is 21.1 Å². The number of fused-ring (bicyclic) bond motifs is 2. The Morgan fingerprint density at radius 1 is 0.867 bits per heavy atom. The summed E-state index contributed by atoms with van der Waals surface area (Å²) in [4.78, 5) is 20.3. The molecule has 30 heavy (non-hydrogen) atoms. The van der Waals surface area contributed by atoms with Crippen LogP contribution in [0.25, 0.3) is 0 Å². The SMILES string of the molecule is Cc1ccc2c(c1N)Oc1c(ccc(C)c1N)N2c1ccc(CCP(=O)(O)O)cc1. The molecule has 0 bridgehead atoms. The van der Waals surface area contributed by atoms with Gasteiger partial charge in [0.15, 0.2) is 11.5 Å². The summed E-state index contributed by atoms with van der Waals surface area (Å²) < 4.78 is 17.3. The quantitative estimate of drug-likeness (QED) is 0.275. The molecule has 0 aliphatic carbocycles. The number of ether oxygens (including phenoxy) is 1. The third kappa shape index (κ3) is 3.63. The van der Waals surface area contributed by atoms with Crippen LogP contribution in [0.1, 0.15) is 16.7 Å². The Hall–Kier alpha value is -2.99. The van der Waals surface area contributed by atoms with Crippen molar-refractivity contribution < 1.29 is 19.1 Å². The summed E-state index contributed by atoms with van der Waals surface area (Å²) in [6.45, 7) is 3.85. The van der Waals surface area contributed by atoms with Crippen LogP contribution >= 0.6 is 7.60 Å². The Balaban J connectivity index is 1.81. The van der Waals surface area contributed by atoms with E-state index in [0.29, 0.717) is 29.3 Å². The molecule has 0 saturated carbocycles. The molecule has 0 spiro atoms. The smallest absolute Gasteiger partial charge is 0.325 e. The number of nitrogens with two attached hydrogens (primary N) is 2. The van der Waals surface area contributed by atoms with Gasteiger partial charge in [0.25, 0.3) is 0 Å². The molecule has 0 fully saturated rings. The highest BCUT2D eigenvalue weighted by Gasteiger charge is 2.30. The zero-order chi connectivity index (χ0) is 21.6. The second-order valence-corrected chi connectivity index (χ2v) is 9.31. The third-order valence-corrected chi connectivity index (χ3v) is 6.17. The summed E-state index contributed by atoms with van der Waals surface area (Å²) >= 11 is 0. The molecule has 1 aliphatic heterocycles. The molecule has 0 atom stereocenters. The Morgan fingerprint density at radius 2 is 1.37 bits per heavy atom. The average Bonchev–Trinajstić information content (AvgIpc) is 2.71. The summed E-state index contributed by atoms with van der Waals surface area (Å²) in [6, 6.07) is 15.4. The van der Waals surface area contributed by atoms with E-state index >= 15 is 0 Å². The Labute approximate surface area is 175 Å². The molecule has 0 amide bonds. The zero-order valence-electron chi connectivity index (χ0n) is 16.8. The van der Waals surface area contributed by atoms with Crippen molar-refractivity contribution in [2.45, 2.75) is 20.3 Å². The highest BCUT2D eigenvalue weighted by atomic mass is 31.2. The first-order chi connectivity index (χ1) is 14.2. The third-order valence-electron chi connectivity index (χ3n) is 5.36. The van der Waals surface area contributed by atoms with E-state index in [-0.39, 0.29) is 6.16 Å². The Bertz CT molecular complexity index is 1110. The lowest BCUT2D eigenvalue weighted by atomic mass is 10.0. The van der Waals surface area contributed by atoms with Crippen molar-refractivity contribution in [1.29, 1.82) is 0 Å². The first-order valence-electron chi connectivity index (χ1n) is 9.55. The zero-order valence-corrected chi connectivity index (χ0v) is 17.7. The van der Waals surface area contributed by atoms with Crippen molar-refractivity contribution in [3.8, 4) is 11.5 Å². The number of aryl methyl sites for hydroxylation is 3. The molecule has 7 nitrogen and oxygen atoms in total. The molecule has 4 rings (SSSR count). The van der Waals surface area contributed by atoms with Crippen LogP contribution in [-0.4, -0.2) is 15.9 Å². The lowest BCUT2D eigenvalue weighted by Gasteiger charge is -2.34. The maximum atomic E-state index is 11.2. The summed E-state index contributed by atoms with van der Waals surface area (Å²) in [5, 5.41) is 0. The van der Waals surface area contributed by atoms with Gasteiger partial charge in [0.2, 0.25) is 0 Å². The van der Waals surface area contributed by atoms with Gasteiger partial charge in [0.1, 0.15) is 0 Å². The van der Waals surface area contributed by atoms with Crippen LogP contribution in [0, 0.1) is 13.8 Å². The number of nitrogens with zero attached hydrogens (tertiary/aromatic N) is 1. The first-order valence-corrected chi connectivity index (χ1v) is 11.3. The number of hydrogen-bond donors (Lipinski definition) is 4. The fraction of sp³-hybridized carbons (Fsp3) is 0.182. The minimum atomic E-state index is -4.03. The van der Waals surface area contributed by atoms with E-state index in [1.807, 2.05) is 67.3 Å². The first kappa shape index (κ1) is 20.3. The summed E-state index contributed by atoms with van der Waals surface area (Å²) in [6.07, 6.45) is 0.125. The number of hydrogen-bond acceptors (Lipinski definition) is 5. The Morgan fingerprint density at radius 3 is 1.83 bits per heavy atom. The molecule has 1 aliphatic rings. The van der Waals surface area contributed by atoms with Gasteiger partial charge in [-0.05, 0) is 61.2 Å². The summed E-state index contributed by atoms with van der Waals surface area (Å²) in [5.41, 5.74) is 18.9. The van der Waals surface area contributed by atoms with Gasteiger partial charge >= 0.3 is 7.60 Å². The van der Waals surface area contributed by atoms with Gasteiger partial charge in [-0.1, -0.05) is 24.3 Å². The molecule has 3 aromatic rings. The minimum Gasteiger partial charge on any atom is -0.449 e. The van der Waals surface area contributed by atoms with Gasteiger partial charge in [-0.3, -0.25) is 4.57 Å². The molecule has 0 aromatic heterocycles. The normalized spacial score (nSPS) is 12.9. The maximum Gasteiger partial charge on any atom is 0.325 e. The van der Waals surface area contributed by atoms with E-state index in [1.54, 1.807) is 0 Å².